The van der Waals surface area contributed by atoms with Crippen LogP contribution in [0.15, 0.2) is 21.3 Å². The molecule has 2 N–H and O–H groups in total. The van der Waals surface area contributed by atoms with E-state index in [-0.39, 0.29) is 24.2 Å². The van der Waals surface area contributed by atoms with E-state index in [2.05, 4.69) is 21.0 Å². The lowest BCUT2D eigenvalue weighted by Gasteiger charge is -2.20. The average molecular weight is 348 g/mol. The number of aryl methyl sites for hydroxylation is 1. The standard InChI is InChI=1S/C16H20N4O3S/c21-13(18-19-16(22)11-4-2-1-3-5-11)6-7-14-17-15(20-23-14)12-8-9-24-10-12/h8-11H,1-7H2,(H,18,21)(H,19,22). The molecule has 0 aliphatic heterocycles. The Kier molecular flexibility index (Phi) is 5.58. The Bertz CT molecular complexity index is 677. The first-order chi connectivity index (χ1) is 11.7. The van der Waals surface area contributed by atoms with E-state index in [1.54, 1.807) is 11.3 Å². The van der Waals surface area contributed by atoms with Crippen molar-refractivity contribution >= 4 is 23.2 Å². The van der Waals surface area contributed by atoms with Crippen LogP contribution in [0.5, 0.6) is 0 Å². The monoisotopic (exact) mass is 348 g/mol. The average Bonchev–Trinajstić information content (AvgIpc) is 3.29. The van der Waals surface area contributed by atoms with Crippen molar-refractivity contribution < 1.29 is 14.1 Å². The smallest absolute Gasteiger partial charge is 0.241 e. The van der Waals surface area contributed by atoms with Gasteiger partial charge in [0.05, 0.1) is 0 Å². The molecule has 0 aromatic carbocycles. The number of hydrazine groups is 1. The molecule has 1 fully saturated rings. The molecule has 7 nitrogen and oxygen atoms in total. The fraction of sp³-hybridized carbons (Fsp3) is 0.500. The number of nitrogens with one attached hydrogen (secondary N) is 2. The minimum absolute atomic E-state index is 0.0168. The van der Waals surface area contributed by atoms with E-state index in [1.807, 2.05) is 16.8 Å². The van der Waals surface area contributed by atoms with E-state index in [4.69, 9.17) is 4.52 Å². The van der Waals surface area contributed by atoms with Crippen molar-refractivity contribution in [2.75, 3.05) is 0 Å². The zero-order chi connectivity index (χ0) is 16.8. The molecule has 0 spiro atoms. The van der Waals surface area contributed by atoms with E-state index in [9.17, 15) is 9.59 Å². The third kappa shape index (κ3) is 4.41. The Labute approximate surface area is 143 Å². The van der Waals surface area contributed by atoms with Crippen molar-refractivity contribution in [1.82, 2.24) is 21.0 Å². The molecule has 0 bridgehead atoms. The molecule has 1 aliphatic carbocycles. The van der Waals surface area contributed by atoms with Gasteiger partial charge in [-0.05, 0) is 24.3 Å². The lowest BCUT2D eigenvalue weighted by atomic mass is 9.89. The summed E-state index contributed by atoms with van der Waals surface area (Å²) in [5.41, 5.74) is 5.87. The highest BCUT2D eigenvalue weighted by atomic mass is 32.1. The number of hydrogen-bond acceptors (Lipinski definition) is 6. The molecular weight excluding hydrogens is 328 g/mol. The summed E-state index contributed by atoms with van der Waals surface area (Å²) >= 11 is 1.56. The zero-order valence-electron chi connectivity index (χ0n) is 13.3. The van der Waals surface area contributed by atoms with Gasteiger partial charge in [0.15, 0.2) is 0 Å². The van der Waals surface area contributed by atoms with Crippen molar-refractivity contribution in [3.8, 4) is 11.4 Å². The maximum atomic E-state index is 11.9. The van der Waals surface area contributed by atoms with E-state index >= 15 is 0 Å². The molecule has 2 aromatic rings. The highest BCUT2D eigenvalue weighted by Crippen LogP contribution is 2.23. The van der Waals surface area contributed by atoms with Crippen LogP contribution in [0.25, 0.3) is 11.4 Å². The Morgan fingerprint density at radius 2 is 2.08 bits per heavy atom. The van der Waals surface area contributed by atoms with Crippen molar-refractivity contribution in [2.45, 2.75) is 44.9 Å². The fourth-order valence-corrected chi connectivity index (χ4v) is 3.38. The van der Waals surface area contributed by atoms with Crippen LogP contribution in [-0.4, -0.2) is 22.0 Å². The summed E-state index contributed by atoms with van der Waals surface area (Å²) in [6.45, 7) is 0. The van der Waals surface area contributed by atoms with Crippen LogP contribution in [0.4, 0.5) is 0 Å². The lowest BCUT2D eigenvalue weighted by molar-refractivity contribution is -0.131. The van der Waals surface area contributed by atoms with Crippen LogP contribution in [0.1, 0.15) is 44.4 Å². The van der Waals surface area contributed by atoms with E-state index in [0.29, 0.717) is 18.1 Å². The van der Waals surface area contributed by atoms with Gasteiger partial charge in [0.2, 0.25) is 23.5 Å². The second kappa shape index (κ2) is 8.05. The van der Waals surface area contributed by atoms with Crippen LogP contribution in [0.2, 0.25) is 0 Å². The second-order valence-electron chi connectivity index (χ2n) is 5.90. The molecule has 2 heterocycles. The SMILES string of the molecule is O=C(CCc1nc(-c2ccsc2)no1)NNC(=O)C1CCCCC1. The number of aromatic nitrogens is 2. The Balaban J connectivity index is 1.40. The van der Waals surface area contributed by atoms with Crippen molar-refractivity contribution in [2.24, 2.45) is 5.92 Å². The number of carbonyl (C=O) groups excluding carboxylic acids is 2. The molecule has 0 atom stereocenters. The van der Waals surface area contributed by atoms with Crippen molar-refractivity contribution in [3.63, 3.8) is 0 Å². The largest absolute Gasteiger partial charge is 0.339 e. The highest BCUT2D eigenvalue weighted by molar-refractivity contribution is 7.08. The summed E-state index contributed by atoms with van der Waals surface area (Å²) in [5.74, 6) is 0.584. The first-order valence-corrected chi connectivity index (χ1v) is 9.10. The number of rotatable bonds is 5. The molecule has 24 heavy (non-hydrogen) atoms. The zero-order valence-corrected chi connectivity index (χ0v) is 14.1. The number of thiophene rings is 1. The minimum atomic E-state index is -0.269. The first kappa shape index (κ1) is 16.6. The maximum Gasteiger partial charge on any atom is 0.241 e. The van der Waals surface area contributed by atoms with Crippen molar-refractivity contribution in [1.29, 1.82) is 0 Å². The number of amides is 2. The van der Waals surface area contributed by atoms with E-state index in [0.717, 1.165) is 31.2 Å². The molecule has 1 saturated carbocycles. The Morgan fingerprint density at radius 3 is 2.83 bits per heavy atom. The number of nitrogens with zero attached hydrogens (tertiary/aromatic N) is 2. The normalized spacial score (nSPS) is 15.2. The van der Waals surface area contributed by atoms with Gasteiger partial charge in [0.1, 0.15) is 0 Å². The quantitative estimate of drug-likeness (QED) is 0.809. The van der Waals surface area contributed by atoms with Crippen LogP contribution < -0.4 is 10.9 Å². The van der Waals surface area contributed by atoms with Gasteiger partial charge in [-0.25, -0.2) is 0 Å². The summed E-state index contributed by atoms with van der Waals surface area (Å²) < 4.78 is 5.14. The Morgan fingerprint density at radius 1 is 1.25 bits per heavy atom. The van der Waals surface area contributed by atoms with Gasteiger partial charge in [0.25, 0.3) is 0 Å². The molecule has 2 aromatic heterocycles. The lowest BCUT2D eigenvalue weighted by Crippen LogP contribution is -2.45. The van der Waals surface area contributed by atoms with Gasteiger partial charge in [0, 0.05) is 29.7 Å². The summed E-state index contributed by atoms with van der Waals surface area (Å²) in [6.07, 6.45) is 5.65. The molecular formula is C16H20N4O3S. The molecule has 1 aliphatic rings. The topological polar surface area (TPSA) is 97.1 Å². The predicted molar refractivity (Wildman–Crippen MR) is 88.8 cm³/mol. The highest BCUT2D eigenvalue weighted by Gasteiger charge is 2.21. The van der Waals surface area contributed by atoms with Crippen LogP contribution >= 0.6 is 11.3 Å². The van der Waals surface area contributed by atoms with Gasteiger partial charge in [-0.1, -0.05) is 24.4 Å². The Hall–Kier alpha value is -2.22. The van der Waals surface area contributed by atoms with E-state index in [1.165, 1.54) is 6.42 Å². The summed E-state index contributed by atoms with van der Waals surface area (Å²) in [4.78, 5) is 28.0. The molecule has 0 radical (unpaired) electrons. The third-order valence-electron chi connectivity index (χ3n) is 4.11. The molecule has 128 valence electrons. The second-order valence-corrected chi connectivity index (χ2v) is 6.68. The summed E-state index contributed by atoms with van der Waals surface area (Å²) in [6, 6.07) is 1.91. The number of carbonyl (C=O) groups is 2. The molecule has 0 saturated heterocycles. The molecule has 0 unspecified atom stereocenters. The van der Waals surface area contributed by atoms with Crippen LogP contribution in [0, 0.1) is 5.92 Å². The van der Waals surface area contributed by atoms with Gasteiger partial charge in [-0.2, -0.15) is 16.3 Å². The number of hydrogen-bond donors (Lipinski definition) is 2. The summed E-state index contributed by atoms with van der Waals surface area (Å²) in [7, 11) is 0. The summed E-state index contributed by atoms with van der Waals surface area (Å²) in [5, 5.41) is 7.76. The molecule has 8 heteroatoms. The van der Waals surface area contributed by atoms with Gasteiger partial charge >= 0.3 is 0 Å². The van der Waals surface area contributed by atoms with Crippen LogP contribution in [-0.2, 0) is 16.0 Å². The molecule has 3 rings (SSSR count). The fourth-order valence-electron chi connectivity index (χ4n) is 2.75. The molecule has 2 amide bonds. The first-order valence-electron chi connectivity index (χ1n) is 8.16. The minimum Gasteiger partial charge on any atom is -0.339 e. The van der Waals surface area contributed by atoms with Gasteiger partial charge in [-0.3, -0.25) is 20.4 Å². The van der Waals surface area contributed by atoms with Crippen LogP contribution in [0.3, 0.4) is 0 Å². The van der Waals surface area contributed by atoms with E-state index < -0.39 is 0 Å². The van der Waals surface area contributed by atoms with Gasteiger partial charge in [-0.15, -0.1) is 0 Å². The van der Waals surface area contributed by atoms with Gasteiger partial charge < -0.3 is 4.52 Å². The maximum absolute atomic E-state index is 11.9. The van der Waals surface area contributed by atoms with Crippen molar-refractivity contribution in [3.05, 3.63) is 22.7 Å². The predicted octanol–water partition coefficient (Wildman–Crippen LogP) is 2.46. The third-order valence-corrected chi connectivity index (χ3v) is 4.80.